The molecule has 0 saturated carbocycles. The predicted octanol–water partition coefficient (Wildman–Crippen LogP) is 3.12. The summed E-state index contributed by atoms with van der Waals surface area (Å²) in [5.41, 5.74) is 3.81. The molecule has 0 amide bonds. The van der Waals surface area contributed by atoms with Gasteiger partial charge in [-0.1, -0.05) is 18.2 Å². The first-order chi connectivity index (χ1) is 12.3. The Labute approximate surface area is 153 Å². The molecule has 0 fully saturated rings. The zero-order valence-corrected chi connectivity index (χ0v) is 16.4. The Kier molecular flexibility index (Phi) is 4.62. The van der Waals surface area contributed by atoms with E-state index >= 15 is 0 Å². The highest BCUT2D eigenvalue weighted by atomic mass is 32.2. The van der Waals surface area contributed by atoms with Crippen LogP contribution in [0.5, 0.6) is 0 Å². The van der Waals surface area contributed by atoms with Gasteiger partial charge < -0.3 is 0 Å². The maximum absolute atomic E-state index is 13.1. The summed E-state index contributed by atoms with van der Waals surface area (Å²) in [6.07, 6.45) is 0. The normalized spacial score (nSPS) is 11.7. The van der Waals surface area contributed by atoms with E-state index in [1.165, 1.54) is 0 Å². The molecule has 0 aliphatic carbocycles. The molecule has 0 aliphatic heterocycles. The molecule has 0 unspecified atom stereocenters. The summed E-state index contributed by atoms with van der Waals surface area (Å²) >= 11 is 0. The number of aromatic nitrogens is 4. The number of para-hydroxylation sites is 1. The van der Waals surface area contributed by atoms with Crippen molar-refractivity contribution in [1.82, 2.24) is 19.6 Å². The van der Waals surface area contributed by atoms with Gasteiger partial charge in [0.25, 0.3) is 10.0 Å². The molecule has 3 aromatic rings. The number of hydrogen-bond acceptors (Lipinski definition) is 4. The summed E-state index contributed by atoms with van der Waals surface area (Å²) in [6.45, 7) is 9.76. The quantitative estimate of drug-likeness (QED) is 0.745. The van der Waals surface area contributed by atoms with Crippen LogP contribution >= 0.6 is 0 Å². The Balaban J connectivity index is 2.06. The maximum atomic E-state index is 13.1. The van der Waals surface area contributed by atoms with E-state index in [9.17, 15) is 8.42 Å². The molecule has 3 rings (SSSR count). The van der Waals surface area contributed by atoms with E-state index in [0.29, 0.717) is 29.3 Å². The monoisotopic (exact) mass is 373 g/mol. The molecule has 26 heavy (non-hydrogen) atoms. The summed E-state index contributed by atoms with van der Waals surface area (Å²) in [5.74, 6) is 0. The number of nitrogens with zero attached hydrogens (tertiary/aromatic N) is 4. The van der Waals surface area contributed by atoms with Crippen molar-refractivity contribution in [2.24, 2.45) is 0 Å². The van der Waals surface area contributed by atoms with Crippen molar-refractivity contribution in [3.8, 4) is 5.69 Å². The molecule has 0 aliphatic rings. The Morgan fingerprint density at radius 1 is 0.962 bits per heavy atom. The lowest BCUT2D eigenvalue weighted by Crippen LogP contribution is -2.16. The second-order valence-corrected chi connectivity index (χ2v) is 7.83. The number of aryl methyl sites for hydroxylation is 3. The maximum Gasteiger partial charge on any atom is 0.265 e. The van der Waals surface area contributed by atoms with Gasteiger partial charge in [-0.25, -0.2) is 13.1 Å². The van der Waals surface area contributed by atoms with Gasteiger partial charge in [0, 0.05) is 6.54 Å². The highest BCUT2D eigenvalue weighted by molar-refractivity contribution is 7.92. The topological polar surface area (TPSA) is 81.8 Å². The third-order valence-electron chi connectivity index (χ3n) is 4.41. The van der Waals surface area contributed by atoms with Gasteiger partial charge in [-0.2, -0.15) is 10.2 Å². The average molecular weight is 373 g/mol. The lowest BCUT2D eigenvalue weighted by atomic mass is 10.3. The fourth-order valence-electron chi connectivity index (χ4n) is 3.18. The van der Waals surface area contributed by atoms with Crippen molar-refractivity contribution in [3.05, 3.63) is 53.1 Å². The molecule has 138 valence electrons. The van der Waals surface area contributed by atoms with Gasteiger partial charge in [0.15, 0.2) is 0 Å². The fourth-order valence-corrected chi connectivity index (χ4v) is 4.75. The zero-order chi connectivity index (χ0) is 19.1. The van der Waals surface area contributed by atoms with Crippen molar-refractivity contribution in [2.75, 3.05) is 4.72 Å². The van der Waals surface area contributed by atoms with Crippen molar-refractivity contribution in [2.45, 2.75) is 46.1 Å². The van der Waals surface area contributed by atoms with E-state index in [1.54, 1.807) is 30.1 Å². The first-order valence-electron chi connectivity index (χ1n) is 8.44. The lowest BCUT2D eigenvalue weighted by Gasteiger charge is -2.10. The summed E-state index contributed by atoms with van der Waals surface area (Å²) in [4.78, 5) is 0.199. The van der Waals surface area contributed by atoms with Gasteiger partial charge >= 0.3 is 0 Å². The Bertz CT molecular complexity index is 1050. The summed E-state index contributed by atoms with van der Waals surface area (Å²) in [7, 11) is -3.79. The molecule has 1 N–H and O–H groups in total. The van der Waals surface area contributed by atoms with Crippen LogP contribution in [0.4, 0.5) is 5.69 Å². The number of anilines is 1. The summed E-state index contributed by atoms with van der Waals surface area (Å²) < 4.78 is 32.3. The second kappa shape index (κ2) is 6.60. The van der Waals surface area contributed by atoms with Crippen LogP contribution in [0, 0.1) is 27.7 Å². The van der Waals surface area contributed by atoms with E-state index in [-0.39, 0.29) is 4.90 Å². The van der Waals surface area contributed by atoms with Crippen molar-refractivity contribution >= 4 is 15.7 Å². The van der Waals surface area contributed by atoms with E-state index in [0.717, 1.165) is 11.4 Å². The largest absolute Gasteiger partial charge is 0.276 e. The SMILES string of the molecule is CCn1nc(C)c(NS(=O)(=O)c2c(C)nn(-c3ccccc3)c2C)c1C. The minimum atomic E-state index is -3.79. The van der Waals surface area contributed by atoms with Crippen molar-refractivity contribution in [3.63, 3.8) is 0 Å². The highest BCUT2D eigenvalue weighted by Gasteiger charge is 2.27. The molecule has 1 aromatic carbocycles. The first kappa shape index (κ1) is 18.2. The zero-order valence-electron chi connectivity index (χ0n) is 15.6. The number of hydrogen-bond donors (Lipinski definition) is 1. The Morgan fingerprint density at radius 2 is 1.62 bits per heavy atom. The molecule has 7 nitrogen and oxygen atoms in total. The number of benzene rings is 1. The molecule has 2 heterocycles. The van der Waals surface area contributed by atoms with Gasteiger partial charge in [-0.15, -0.1) is 0 Å². The minimum absolute atomic E-state index is 0.199. The highest BCUT2D eigenvalue weighted by Crippen LogP contribution is 2.27. The first-order valence-corrected chi connectivity index (χ1v) is 9.93. The molecule has 0 atom stereocenters. The van der Waals surface area contributed by atoms with Crippen molar-refractivity contribution < 1.29 is 8.42 Å². The van der Waals surface area contributed by atoms with Crippen LogP contribution in [-0.2, 0) is 16.6 Å². The number of nitrogens with one attached hydrogen (secondary N) is 1. The molecule has 0 saturated heterocycles. The van der Waals surface area contributed by atoms with Crippen LogP contribution in [0.15, 0.2) is 35.2 Å². The van der Waals surface area contributed by atoms with Crippen LogP contribution in [-0.4, -0.2) is 28.0 Å². The Hall–Kier alpha value is -2.61. The number of rotatable bonds is 5. The molecule has 2 aromatic heterocycles. The molecule has 0 spiro atoms. The third kappa shape index (κ3) is 3.01. The van der Waals surface area contributed by atoms with Crippen LogP contribution in [0.25, 0.3) is 5.69 Å². The minimum Gasteiger partial charge on any atom is -0.276 e. The third-order valence-corrected chi connectivity index (χ3v) is 6.01. The lowest BCUT2D eigenvalue weighted by molar-refractivity contribution is 0.599. The van der Waals surface area contributed by atoms with E-state index in [2.05, 4.69) is 14.9 Å². The molecule has 0 radical (unpaired) electrons. The fraction of sp³-hybridized carbons (Fsp3) is 0.333. The van der Waals surface area contributed by atoms with Gasteiger partial charge in [0.2, 0.25) is 0 Å². The molecular formula is C18H23N5O2S. The van der Waals surface area contributed by atoms with Gasteiger partial charge in [0.05, 0.1) is 34.2 Å². The number of sulfonamides is 1. The van der Waals surface area contributed by atoms with Crippen LogP contribution in [0.3, 0.4) is 0 Å². The van der Waals surface area contributed by atoms with E-state index in [4.69, 9.17) is 0 Å². The van der Waals surface area contributed by atoms with E-state index in [1.807, 2.05) is 44.2 Å². The smallest absolute Gasteiger partial charge is 0.265 e. The van der Waals surface area contributed by atoms with Crippen LogP contribution in [0.1, 0.15) is 29.7 Å². The average Bonchev–Trinajstić information content (AvgIpc) is 3.05. The predicted molar refractivity (Wildman–Crippen MR) is 101 cm³/mol. The standard InChI is InChI=1S/C18H23N5O2S/c1-6-22-14(4)17(12(2)19-22)21-26(24,25)18-13(3)20-23(15(18)5)16-10-8-7-9-11-16/h7-11,21H,6H2,1-5H3. The van der Waals surface area contributed by atoms with E-state index < -0.39 is 10.0 Å². The van der Waals surface area contributed by atoms with Crippen LogP contribution in [0.2, 0.25) is 0 Å². The van der Waals surface area contributed by atoms with Gasteiger partial charge in [0.1, 0.15) is 4.90 Å². The summed E-state index contributed by atoms with van der Waals surface area (Å²) in [5, 5.41) is 8.80. The molecular weight excluding hydrogens is 350 g/mol. The second-order valence-electron chi connectivity index (χ2n) is 6.21. The molecule has 8 heteroatoms. The summed E-state index contributed by atoms with van der Waals surface area (Å²) in [6, 6.07) is 9.48. The van der Waals surface area contributed by atoms with Crippen LogP contribution < -0.4 is 4.72 Å². The van der Waals surface area contributed by atoms with Crippen molar-refractivity contribution in [1.29, 1.82) is 0 Å². The van der Waals surface area contributed by atoms with Gasteiger partial charge in [-0.05, 0) is 46.8 Å². The molecule has 0 bridgehead atoms. The van der Waals surface area contributed by atoms with Gasteiger partial charge in [-0.3, -0.25) is 9.40 Å². The Morgan fingerprint density at radius 3 is 2.19 bits per heavy atom.